The molecule has 16 nitrogen and oxygen atoms in total. The summed E-state index contributed by atoms with van der Waals surface area (Å²) in [5.41, 5.74) is 17.6. The van der Waals surface area contributed by atoms with Crippen molar-refractivity contribution < 1.29 is 59.5 Å². The van der Waals surface area contributed by atoms with E-state index < -0.39 is 104 Å². The first-order valence-electron chi connectivity index (χ1n) is 13.1. The van der Waals surface area contributed by atoms with Crippen LogP contribution in [0.25, 0.3) is 0 Å². The van der Waals surface area contributed by atoms with Gasteiger partial charge in [0, 0.05) is 6.04 Å². The molecule has 1 amide bonds. The molecule has 2 aliphatic heterocycles. The van der Waals surface area contributed by atoms with Gasteiger partial charge in [0.25, 0.3) is 0 Å². The van der Waals surface area contributed by atoms with E-state index in [0.717, 1.165) is 0 Å². The summed E-state index contributed by atoms with van der Waals surface area (Å²) in [7, 11) is 0. The van der Waals surface area contributed by atoms with Gasteiger partial charge in [0.1, 0.15) is 54.9 Å². The first kappa shape index (κ1) is 34.1. The number of carbonyl (C=O) groups excluding carboxylic acids is 1. The lowest BCUT2D eigenvalue weighted by molar-refractivity contribution is -0.305. The average molecular weight is 571 g/mol. The first-order chi connectivity index (χ1) is 18.3. The number of carbonyl (C=O) groups is 1. The number of hydrogen-bond acceptors (Lipinski definition) is 15. The van der Waals surface area contributed by atoms with Gasteiger partial charge in [-0.25, -0.2) is 0 Å². The molecule has 9 unspecified atom stereocenters. The summed E-state index contributed by atoms with van der Waals surface area (Å²) in [6.45, 7) is 4.04. The third-order valence-electron chi connectivity index (χ3n) is 7.04. The molecular formula is C23H46N4O12. The molecule has 0 saturated carbocycles. The van der Waals surface area contributed by atoms with Gasteiger partial charge in [-0.2, -0.15) is 0 Å². The fourth-order valence-corrected chi connectivity index (χ4v) is 4.53. The molecule has 0 aromatic heterocycles. The Morgan fingerprint density at radius 2 is 1.51 bits per heavy atom. The Morgan fingerprint density at radius 3 is 2.03 bits per heavy atom. The zero-order valence-corrected chi connectivity index (χ0v) is 22.4. The van der Waals surface area contributed by atoms with Crippen LogP contribution in [-0.4, -0.2) is 147 Å². The van der Waals surface area contributed by atoms with E-state index in [4.69, 9.17) is 36.1 Å². The van der Waals surface area contributed by atoms with Crippen molar-refractivity contribution in [1.82, 2.24) is 5.32 Å². The van der Waals surface area contributed by atoms with Gasteiger partial charge in [0.2, 0.25) is 5.91 Å². The van der Waals surface area contributed by atoms with Crippen LogP contribution in [0.2, 0.25) is 0 Å². The number of nitrogens with two attached hydrogens (primary N) is 3. The topological polar surface area (TPSA) is 286 Å². The van der Waals surface area contributed by atoms with Crippen LogP contribution in [0.15, 0.2) is 0 Å². The minimum Gasteiger partial charge on any atom is -0.394 e. The van der Waals surface area contributed by atoms with Crippen LogP contribution in [-0.2, 0) is 23.7 Å². The number of amides is 1. The van der Waals surface area contributed by atoms with Crippen molar-refractivity contribution in [1.29, 1.82) is 0 Å². The highest BCUT2D eigenvalue weighted by molar-refractivity contribution is 5.80. The fraction of sp³-hybridized carbons (Fsp3) is 0.957. The van der Waals surface area contributed by atoms with Crippen molar-refractivity contribution in [3.8, 4) is 0 Å². The van der Waals surface area contributed by atoms with Gasteiger partial charge < -0.3 is 77.2 Å². The van der Waals surface area contributed by atoms with Crippen molar-refractivity contribution >= 4 is 5.91 Å². The van der Waals surface area contributed by atoms with Gasteiger partial charge in [-0.15, -0.1) is 0 Å². The molecule has 16 heteroatoms. The molecule has 0 bridgehead atoms. The van der Waals surface area contributed by atoms with Crippen LogP contribution >= 0.6 is 0 Å². The Bertz CT molecular complexity index is 752. The number of aliphatic hydroxyl groups is 7. The third-order valence-corrected chi connectivity index (χ3v) is 7.04. The highest BCUT2D eigenvalue weighted by Gasteiger charge is 2.49. The predicted molar refractivity (Wildman–Crippen MR) is 133 cm³/mol. The molecule has 39 heavy (non-hydrogen) atoms. The molecule has 2 fully saturated rings. The molecule has 0 spiro atoms. The highest BCUT2D eigenvalue weighted by atomic mass is 16.7. The number of aliphatic hydroxyl groups excluding tert-OH is 7. The van der Waals surface area contributed by atoms with Gasteiger partial charge >= 0.3 is 0 Å². The van der Waals surface area contributed by atoms with E-state index in [-0.39, 0.29) is 13.0 Å². The van der Waals surface area contributed by atoms with Crippen molar-refractivity contribution in [2.75, 3.05) is 13.2 Å². The summed E-state index contributed by atoms with van der Waals surface area (Å²) >= 11 is 0. The number of nitrogens with one attached hydrogen (secondary N) is 1. The van der Waals surface area contributed by atoms with Gasteiger partial charge in [-0.3, -0.25) is 4.79 Å². The Kier molecular flexibility index (Phi) is 13.3. The van der Waals surface area contributed by atoms with E-state index in [9.17, 15) is 40.5 Å². The van der Waals surface area contributed by atoms with E-state index in [0.29, 0.717) is 6.42 Å². The lowest BCUT2D eigenvalue weighted by atomic mass is 9.95. The van der Waals surface area contributed by atoms with E-state index in [2.05, 4.69) is 5.32 Å². The highest BCUT2D eigenvalue weighted by Crippen LogP contribution is 2.30. The van der Waals surface area contributed by atoms with Crippen molar-refractivity contribution in [2.24, 2.45) is 17.2 Å². The molecule has 0 aromatic carbocycles. The second-order valence-corrected chi connectivity index (χ2v) is 10.2. The normalized spacial score (nSPS) is 38.0. The smallest absolute Gasteiger partial charge is 0.249 e. The van der Waals surface area contributed by atoms with Crippen molar-refractivity contribution in [2.45, 2.75) is 125 Å². The average Bonchev–Trinajstić information content (AvgIpc) is 3.17. The minimum absolute atomic E-state index is 0.0182. The maximum Gasteiger partial charge on any atom is 0.249 e. The summed E-state index contributed by atoms with van der Waals surface area (Å²) in [5, 5.41) is 74.5. The molecule has 2 heterocycles. The van der Waals surface area contributed by atoms with Gasteiger partial charge in [0.15, 0.2) is 12.6 Å². The molecule has 15 atom stereocenters. The van der Waals surface area contributed by atoms with Crippen LogP contribution in [0.5, 0.6) is 0 Å². The number of rotatable bonds is 14. The second-order valence-electron chi connectivity index (χ2n) is 10.2. The second kappa shape index (κ2) is 15.2. The standard InChI is InChI=1S/C23H46N4O12/c1-4-11-15(31)18(34)23(36-11)39-20(14(30)9(3)27-21(35)10(29)5-6-24)19(8(2)25)38-22-13(26)17(33)16(32)12(7-28)37-22/h8-20,22-23,28-34H,4-7,24-26H2,1-3H3,(H,27,35)/t8?,9-,10+,11-,12?,13?,14?,15?,16-,17?,18?,19-,20?,22?,23+/m1/s1. The fourth-order valence-electron chi connectivity index (χ4n) is 4.53. The zero-order chi connectivity index (χ0) is 29.6. The largest absolute Gasteiger partial charge is 0.394 e. The SMILES string of the molecule is CC[C@H]1O[C@@H](OC(C(O)[C@@H](C)NC(=O)[C@@H](O)CCN)[C@H](OC2OC(CO)[C@@H](O)C(O)C2N)C(C)N)C(O)C1O. The third kappa shape index (κ3) is 8.23. The first-order valence-corrected chi connectivity index (χ1v) is 13.1. The summed E-state index contributed by atoms with van der Waals surface area (Å²) in [4.78, 5) is 12.4. The van der Waals surface area contributed by atoms with Crippen LogP contribution in [0, 0.1) is 0 Å². The Morgan fingerprint density at radius 1 is 0.949 bits per heavy atom. The lowest BCUT2D eigenvalue weighted by Gasteiger charge is -2.44. The molecule has 230 valence electrons. The summed E-state index contributed by atoms with van der Waals surface area (Å²) in [6, 6.07) is -3.32. The maximum atomic E-state index is 12.4. The molecule has 14 N–H and O–H groups in total. The summed E-state index contributed by atoms with van der Waals surface area (Å²) in [5.74, 6) is -0.803. The van der Waals surface area contributed by atoms with Crippen LogP contribution < -0.4 is 22.5 Å². The van der Waals surface area contributed by atoms with Crippen molar-refractivity contribution in [3.05, 3.63) is 0 Å². The summed E-state index contributed by atoms with van der Waals surface area (Å²) < 4.78 is 23.0. The van der Waals surface area contributed by atoms with Crippen LogP contribution in [0.4, 0.5) is 0 Å². The van der Waals surface area contributed by atoms with E-state index >= 15 is 0 Å². The van der Waals surface area contributed by atoms with Gasteiger partial charge in [-0.1, -0.05) is 6.92 Å². The quantitative estimate of drug-likeness (QED) is 0.0927. The molecule has 0 aliphatic carbocycles. The monoisotopic (exact) mass is 570 g/mol. The number of hydrogen-bond donors (Lipinski definition) is 11. The Hall–Kier alpha value is -1.09. The predicted octanol–water partition coefficient (Wildman–Crippen LogP) is -5.70. The minimum atomic E-state index is -1.60. The van der Waals surface area contributed by atoms with Gasteiger partial charge in [-0.05, 0) is 33.2 Å². The Labute approximate surface area is 227 Å². The van der Waals surface area contributed by atoms with Gasteiger partial charge in [0.05, 0.1) is 24.8 Å². The Balaban J connectivity index is 2.35. The zero-order valence-electron chi connectivity index (χ0n) is 22.4. The van der Waals surface area contributed by atoms with Crippen LogP contribution in [0.3, 0.4) is 0 Å². The van der Waals surface area contributed by atoms with E-state index in [1.54, 1.807) is 6.92 Å². The summed E-state index contributed by atoms with van der Waals surface area (Å²) in [6.07, 6.45) is -16.2. The molecule has 2 rings (SSSR count). The molecule has 2 aliphatic rings. The molecular weight excluding hydrogens is 524 g/mol. The number of ether oxygens (including phenoxy) is 4. The molecule has 2 saturated heterocycles. The van der Waals surface area contributed by atoms with E-state index in [1.165, 1.54) is 13.8 Å². The maximum absolute atomic E-state index is 12.4. The molecule has 0 radical (unpaired) electrons. The van der Waals surface area contributed by atoms with Crippen molar-refractivity contribution in [3.63, 3.8) is 0 Å². The lowest BCUT2D eigenvalue weighted by Crippen LogP contribution is -2.65. The molecule has 0 aromatic rings. The van der Waals surface area contributed by atoms with Crippen LogP contribution in [0.1, 0.15) is 33.6 Å². The van der Waals surface area contributed by atoms with E-state index in [1.807, 2.05) is 0 Å².